The number of hydrogen-bond donors (Lipinski definition) is 0. The number of hydrogen-bond acceptors (Lipinski definition) is 4. The molecule has 0 bridgehead atoms. The second kappa shape index (κ2) is 6.51. The highest BCUT2D eigenvalue weighted by Gasteiger charge is 2.35. The summed E-state index contributed by atoms with van der Waals surface area (Å²) < 4.78 is 43.1. The number of carbonyl (C=O) groups excluding carboxylic acids is 1. The highest BCUT2D eigenvalue weighted by Crippen LogP contribution is 2.24. The summed E-state index contributed by atoms with van der Waals surface area (Å²) in [5, 5.41) is 10.9. The third-order valence-corrected chi connectivity index (χ3v) is 2.92. The van der Waals surface area contributed by atoms with Crippen LogP contribution in [0.25, 0.3) is 0 Å². The Balaban J connectivity index is 2.34. The minimum atomic E-state index is -4.65. The highest BCUT2D eigenvalue weighted by atomic mass is 19.4. The minimum absolute atomic E-state index is 0.140. The van der Waals surface area contributed by atoms with Crippen LogP contribution in [-0.4, -0.2) is 28.5 Å². The Bertz CT molecular complexity index is 698. The first-order valence-corrected chi connectivity index (χ1v) is 6.40. The van der Waals surface area contributed by atoms with Crippen LogP contribution in [0.2, 0.25) is 0 Å². The molecule has 0 fully saturated rings. The van der Waals surface area contributed by atoms with Crippen molar-refractivity contribution in [1.82, 2.24) is 4.90 Å². The van der Waals surface area contributed by atoms with Gasteiger partial charge in [0.25, 0.3) is 11.6 Å². The Labute approximate surface area is 128 Å². The van der Waals surface area contributed by atoms with Crippen LogP contribution >= 0.6 is 0 Å². The first-order valence-electron chi connectivity index (χ1n) is 6.40. The van der Waals surface area contributed by atoms with Gasteiger partial charge in [-0.1, -0.05) is 12.1 Å². The van der Waals surface area contributed by atoms with E-state index in [0.717, 1.165) is 12.1 Å². The van der Waals surface area contributed by atoms with Gasteiger partial charge in [0.05, 0.1) is 17.7 Å². The maximum Gasteiger partial charge on any atom is 0.406 e. The van der Waals surface area contributed by atoms with Gasteiger partial charge in [-0.3, -0.25) is 14.9 Å². The van der Waals surface area contributed by atoms with Crippen LogP contribution in [0.3, 0.4) is 0 Å². The van der Waals surface area contributed by atoms with Crippen molar-refractivity contribution >= 4 is 11.6 Å². The van der Waals surface area contributed by atoms with E-state index in [1.54, 1.807) is 0 Å². The summed E-state index contributed by atoms with van der Waals surface area (Å²) in [5.41, 5.74) is -0.961. The molecule has 0 N–H and O–H groups in total. The Hall–Kier alpha value is -2.84. The highest BCUT2D eigenvalue weighted by molar-refractivity contribution is 5.98. The summed E-state index contributed by atoms with van der Waals surface area (Å²) >= 11 is 0. The summed E-state index contributed by atoms with van der Waals surface area (Å²) in [4.78, 5) is 22.9. The zero-order chi connectivity index (χ0) is 17.0. The van der Waals surface area contributed by atoms with Gasteiger partial charge in [-0.05, 0) is 18.2 Å². The van der Waals surface area contributed by atoms with Crippen molar-refractivity contribution < 1.29 is 27.3 Å². The van der Waals surface area contributed by atoms with Crippen molar-refractivity contribution in [2.24, 2.45) is 0 Å². The Morgan fingerprint density at radius 1 is 1.22 bits per heavy atom. The van der Waals surface area contributed by atoms with Gasteiger partial charge >= 0.3 is 6.18 Å². The zero-order valence-corrected chi connectivity index (χ0v) is 11.6. The number of amides is 1. The van der Waals surface area contributed by atoms with Gasteiger partial charge in [0.15, 0.2) is 0 Å². The SMILES string of the molecule is O=C(c1ccccc1[N+](=O)[O-])N(Cc1ccco1)CC(F)(F)F. The first kappa shape index (κ1) is 16.5. The lowest BCUT2D eigenvalue weighted by molar-refractivity contribution is -0.385. The third-order valence-electron chi connectivity index (χ3n) is 2.92. The van der Waals surface area contributed by atoms with Crippen molar-refractivity contribution in [1.29, 1.82) is 0 Å². The molecule has 0 aliphatic heterocycles. The zero-order valence-electron chi connectivity index (χ0n) is 11.6. The van der Waals surface area contributed by atoms with Crippen LogP contribution in [0, 0.1) is 10.1 Å². The molecule has 1 amide bonds. The van der Waals surface area contributed by atoms with Crippen LogP contribution in [0.15, 0.2) is 47.1 Å². The number of rotatable bonds is 5. The van der Waals surface area contributed by atoms with Gasteiger partial charge in [0.2, 0.25) is 0 Å². The number of carbonyl (C=O) groups is 1. The van der Waals surface area contributed by atoms with Crippen molar-refractivity contribution in [3.8, 4) is 0 Å². The normalized spacial score (nSPS) is 11.3. The molecular formula is C14H11F3N2O4. The van der Waals surface area contributed by atoms with Gasteiger partial charge in [-0.15, -0.1) is 0 Å². The fraction of sp³-hybridized carbons (Fsp3) is 0.214. The van der Waals surface area contributed by atoms with E-state index in [1.807, 2.05) is 0 Å². The molecule has 0 unspecified atom stereocenters. The number of benzene rings is 1. The lowest BCUT2D eigenvalue weighted by Gasteiger charge is -2.23. The van der Waals surface area contributed by atoms with Crippen LogP contribution in [0.4, 0.5) is 18.9 Å². The molecule has 0 aliphatic carbocycles. The summed E-state index contributed by atoms with van der Waals surface area (Å²) in [5.74, 6) is -0.952. The molecule has 1 aromatic carbocycles. The molecule has 1 heterocycles. The fourth-order valence-corrected chi connectivity index (χ4v) is 1.99. The van der Waals surface area contributed by atoms with Gasteiger partial charge < -0.3 is 9.32 Å². The van der Waals surface area contributed by atoms with Crippen LogP contribution < -0.4 is 0 Å². The van der Waals surface area contributed by atoms with Crippen molar-refractivity contribution in [3.63, 3.8) is 0 Å². The first-order chi connectivity index (χ1) is 10.8. The molecule has 0 saturated heterocycles. The summed E-state index contributed by atoms with van der Waals surface area (Å²) in [6, 6.07) is 7.74. The van der Waals surface area contributed by atoms with E-state index < -0.39 is 41.3 Å². The number of halogens is 3. The van der Waals surface area contributed by atoms with Crippen LogP contribution in [-0.2, 0) is 6.54 Å². The lowest BCUT2D eigenvalue weighted by Crippen LogP contribution is -2.38. The van der Waals surface area contributed by atoms with Gasteiger partial charge in [0, 0.05) is 6.07 Å². The number of para-hydroxylation sites is 1. The summed E-state index contributed by atoms with van der Waals surface area (Å²) in [6.45, 7) is -1.99. The Morgan fingerprint density at radius 3 is 2.48 bits per heavy atom. The number of furan rings is 1. The number of nitrogens with zero attached hydrogens (tertiary/aromatic N) is 2. The van der Waals surface area contributed by atoms with Gasteiger partial charge in [-0.2, -0.15) is 13.2 Å². The molecule has 6 nitrogen and oxygen atoms in total. The molecule has 0 aliphatic rings. The Morgan fingerprint density at radius 2 is 1.91 bits per heavy atom. The van der Waals surface area contributed by atoms with E-state index >= 15 is 0 Å². The fourth-order valence-electron chi connectivity index (χ4n) is 1.99. The van der Waals surface area contributed by atoms with Crippen LogP contribution in [0.5, 0.6) is 0 Å². The number of alkyl halides is 3. The second-order valence-electron chi connectivity index (χ2n) is 4.63. The quantitative estimate of drug-likeness (QED) is 0.623. The average molecular weight is 328 g/mol. The molecule has 2 rings (SSSR count). The van der Waals surface area contributed by atoms with E-state index in [2.05, 4.69) is 0 Å². The maximum absolute atomic E-state index is 12.7. The predicted molar refractivity (Wildman–Crippen MR) is 72.6 cm³/mol. The predicted octanol–water partition coefficient (Wildman–Crippen LogP) is 3.39. The number of nitro benzene ring substituents is 1. The molecule has 1 aromatic heterocycles. The average Bonchev–Trinajstić information content (AvgIpc) is 2.97. The topological polar surface area (TPSA) is 76.6 Å². The molecule has 9 heteroatoms. The molecular weight excluding hydrogens is 317 g/mol. The monoisotopic (exact) mass is 328 g/mol. The smallest absolute Gasteiger partial charge is 0.406 e. The molecule has 23 heavy (non-hydrogen) atoms. The van der Waals surface area contributed by atoms with Crippen molar-refractivity contribution in [3.05, 3.63) is 64.1 Å². The number of nitro groups is 1. The summed E-state index contributed by atoms with van der Waals surface area (Å²) in [6.07, 6.45) is -3.39. The van der Waals surface area contributed by atoms with Gasteiger partial charge in [0.1, 0.15) is 17.9 Å². The van der Waals surface area contributed by atoms with Crippen molar-refractivity contribution in [2.45, 2.75) is 12.7 Å². The van der Waals surface area contributed by atoms with Gasteiger partial charge in [-0.25, -0.2) is 0 Å². The third kappa shape index (κ3) is 4.31. The molecule has 0 spiro atoms. The molecule has 2 aromatic rings. The standard InChI is InChI=1S/C14H11F3N2O4/c15-14(16,17)9-18(8-10-4-3-7-23-10)13(20)11-5-1-2-6-12(11)19(21)22/h1-7H,8-9H2. The molecule has 0 atom stereocenters. The molecule has 0 saturated carbocycles. The van der Waals surface area contributed by atoms with E-state index in [9.17, 15) is 28.1 Å². The van der Waals surface area contributed by atoms with Crippen LogP contribution in [0.1, 0.15) is 16.1 Å². The van der Waals surface area contributed by atoms with E-state index in [4.69, 9.17) is 4.42 Å². The molecule has 0 radical (unpaired) electrons. The summed E-state index contributed by atoms with van der Waals surface area (Å²) in [7, 11) is 0. The maximum atomic E-state index is 12.7. The minimum Gasteiger partial charge on any atom is -0.467 e. The second-order valence-corrected chi connectivity index (χ2v) is 4.63. The Kier molecular flexibility index (Phi) is 4.68. The largest absolute Gasteiger partial charge is 0.467 e. The van der Waals surface area contributed by atoms with Crippen molar-refractivity contribution in [2.75, 3.05) is 6.54 Å². The van der Waals surface area contributed by atoms with E-state index in [1.165, 1.54) is 30.5 Å². The van der Waals surface area contributed by atoms with E-state index in [0.29, 0.717) is 4.90 Å². The lowest BCUT2D eigenvalue weighted by atomic mass is 10.1. The van der Waals surface area contributed by atoms with E-state index in [-0.39, 0.29) is 5.76 Å². The molecule has 122 valence electrons.